The van der Waals surface area contributed by atoms with Gasteiger partial charge in [0.05, 0.1) is 12.2 Å². The highest BCUT2D eigenvalue weighted by Crippen LogP contribution is 2.15. The van der Waals surface area contributed by atoms with E-state index in [9.17, 15) is 10.2 Å². The molecule has 0 unspecified atom stereocenters. The Labute approximate surface area is 97.3 Å². The van der Waals surface area contributed by atoms with E-state index < -0.39 is 12.2 Å². The van der Waals surface area contributed by atoms with E-state index in [2.05, 4.69) is 0 Å². The van der Waals surface area contributed by atoms with Crippen LogP contribution in [0.4, 0.5) is 5.69 Å². The molecule has 0 aliphatic carbocycles. The highest BCUT2D eigenvalue weighted by Gasteiger charge is 2.11. The maximum Gasteiger partial charge on any atom is 0.0687 e. The van der Waals surface area contributed by atoms with Crippen molar-refractivity contribution < 1.29 is 10.2 Å². The van der Waals surface area contributed by atoms with Gasteiger partial charge < -0.3 is 15.1 Å². The van der Waals surface area contributed by atoms with Gasteiger partial charge in [-0.2, -0.15) is 0 Å². The minimum Gasteiger partial charge on any atom is -0.392 e. The van der Waals surface area contributed by atoms with E-state index in [0.717, 1.165) is 5.69 Å². The van der Waals surface area contributed by atoms with Crippen molar-refractivity contribution >= 4 is 5.69 Å². The lowest BCUT2D eigenvalue weighted by Gasteiger charge is -2.27. The molecule has 3 heteroatoms. The number of rotatable bonds is 5. The molecule has 90 valence electrons. The Bertz CT molecular complexity index is 296. The Hall–Kier alpha value is -1.06. The Kier molecular flexibility index (Phi) is 4.77. The van der Waals surface area contributed by atoms with Crippen LogP contribution in [0.25, 0.3) is 0 Å². The minimum absolute atomic E-state index is 0.403. The van der Waals surface area contributed by atoms with Crippen molar-refractivity contribution in [3.63, 3.8) is 0 Å². The van der Waals surface area contributed by atoms with Crippen molar-refractivity contribution in [1.29, 1.82) is 0 Å². The number of aliphatic hydroxyl groups is 2. The SMILES string of the molecule is Cc1ccc(N(C[C@@H](C)O)C[C@@H](C)O)cc1. The number of aliphatic hydroxyl groups excluding tert-OH is 2. The molecule has 0 radical (unpaired) electrons. The van der Waals surface area contributed by atoms with Gasteiger partial charge in [0, 0.05) is 18.8 Å². The molecule has 0 bridgehead atoms. The van der Waals surface area contributed by atoms with E-state index in [4.69, 9.17) is 0 Å². The van der Waals surface area contributed by atoms with Crippen LogP contribution in [0.2, 0.25) is 0 Å². The van der Waals surface area contributed by atoms with Gasteiger partial charge in [0.15, 0.2) is 0 Å². The van der Waals surface area contributed by atoms with Crippen LogP contribution in [0.5, 0.6) is 0 Å². The van der Waals surface area contributed by atoms with Crippen LogP contribution in [-0.4, -0.2) is 35.5 Å². The normalized spacial score (nSPS) is 14.6. The van der Waals surface area contributed by atoms with E-state index in [1.807, 2.05) is 36.1 Å². The zero-order valence-electron chi connectivity index (χ0n) is 10.2. The molecule has 2 atom stereocenters. The highest BCUT2D eigenvalue weighted by molar-refractivity contribution is 5.47. The molecule has 0 aliphatic heterocycles. The summed E-state index contributed by atoms with van der Waals surface area (Å²) in [6, 6.07) is 8.10. The predicted molar refractivity (Wildman–Crippen MR) is 66.8 cm³/mol. The molecule has 0 saturated heterocycles. The molecule has 0 amide bonds. The van der Waals surface area contributed by atoms with Gasteiger partial charge in [-0.25, -0.2) is 0 Å². The maximum absolute atomic E-state index is 9.43. The van der Waals surface area contributed by atoms with Gasteiger partial charge in [-0.1, -0.05) is 17.7 Å². The van der Waals surface area contributed by atoms with Crippen LogP contribution >= 0.6 is 0 Å². The lowest BCUT2D eigenvalue weighted by atomic mass is 10.2. The molecule has 0 heterocycles. The fourth-order valence-electron chi connectivity index (χ4n) is 1.68. The molecule has 0 aromatic heterocycles. The van der Waals surface area contributed by atoms with Gasteiger partial charge in [-0.15, -0.1) is 0 Å². The first-order chi connectivity index (χ1) is 7.49. The quantitative estimate of drug-likeness (QED) is 0.796. The van der Waals surface area contributed by atoms with Crippen molar-refractivity contribution in [2.45, 2.75) is 33.0 Å². The molecule has 3 nitrogen and oxygen atoms in total. The number of hydrogen-bond acceptors (Lipinski definition) is 3. The second-order valence-corrected chi connectivity index (χ2v) is 4.44. The molecule has 1 rings (SSSR count). The summed E-state index contributed by atoms with van der Waals surface area (Å²) in [6.07, 6.45) is -0.805. The van der Waals surface area contributed by atoms with Crippen LogP contribution in [0, 0.1) is 6.92 Å². The van der Waals surface area contributed by atoms with Gasteiger partial charge in [0.25, 0.3) is 0 Å². The molecule has 0 saturated carbocycles. The molecule has 0 spiro atoms. The fourth-order valence-corrected chi connectivity index (χ4v) is 1.68. The topological polar surface area (TPSA) is 43.7 Å². The van der Waals surface area contributed by atoms with Crippen LogP contribution < -0.4 is 4.90 Å². The number of aryl methyl sites for hydroxylation is 1. The second kappa shape index (κ2) is 5.87. The zero-order chi connectivity index (χ0) is 12.1. The third-order valence-corrected chi connectivity index (χ3v) is 2.37. The molecule has 16 heavy (non-hydrogen) atoms. The van der Waals surface area contributed by atoms with Crippen molar-refractivity contribution in [2.24, 2.45) is 0 Å². The fraction of sp³-hybridized carbons (Fsp3) is 0.538. The summed E-state index contributed by atoms with van der Waals surface area (Å²) in [5.41, 5.74) is 2.24. The van der Waals surface area contributed by atoms with Crippen LogP contribution in [-0.2, 0) is 0 Å². The van der Waals surface area contributed by atoms with Gasteiger partial charge in [-0.05, 0) is 32.9 Å². The van der Waals surface area contributed by atoms with Crippen LogP contribution in [0.1, 0.15) is 19.4 Å². The summed E-state index contributed by atoms with van der Waals surface area (Å²) in [5, 5.41) is 18.9. The van der Waals surface area contributed by atoms with Crippen molar-refractivity contribution in [1.82, 2.24) is 0 Å². The first-order valence-corrected chi connectivity index (χ1v) is 5.67. The van der Waals surface area contributed by atoms with Gasteiger partial charge in [0.2, 0.25) is 0 Å². The average Bonchev–Trinajstić information content (AvgIpc) is 2.16. The number of benzene rings is 1. The third-order valence-electron chi connectivity index (χ3n) is 2.37. The zero-order valence-corrected chi connectivity index (χ0v) is 10.2. The summed E-state index contributed by atoms with van der Waals surface area (Å²) in [7, 11) is 0. The van der Waals surface area contributed by atoms with Gasteiger partial charge in [-0.3, -0.25) is 0 Å². The molecular weight excluding hydrogens is 202 g/mol. The molecule has 1 aromatic rings. The Morgan fingerprint density at radius 2 is 1.44 bits per heavy atom. The number of nitrogens with zero attached hydrogens (tertiary/aromatic N) is 1. The first-order valence-electron chi connectivity index (χ1n) is 5.67. The maximum atomic E-state index is 9.43. The lowest BCUT2D eigenvalue weighted by Crippen LogP contribution is -2.36. The van der Waals surface area contributed by atoms with Gasteiger partial charge in [0.1, 0.15) is 0 Å². The monoisotopic (exact) mass is 223 g/mol. The second-order valence-electron chi connectivity index (χ2n) is 4.44. The molecule has 0 aliphatic rings. The van der Waals surface area contributed by atoms with Crippen molar-refractivity contribution in [3.8, 4) is 0 Å². The van der Waals surface area contributed by atoms with Gasteiger partial charge >= 0.3 is 0 Å². The average molecular weight is 223 g/mol. The minimum atomic E-state index is -0.403. The summed E-state index contributed by atoms with van der Waals surface area (Å²) < 4.78 is 0. The summed E-state index contributed by atoms with van der Waals surface area (Å²) in [4.78, 5) is 1.99. The smallest absolute Gasteiger partial charge is 0.0687 e. The largest absolute Gasteiger partial charge is 0.392 e. The van der Waals surface area contributed by atoms with E-state index >= 15 is 0 Å². The van der Waals surface area contributed by atoms with Crippen LogP contribution in [0.3, 0.4) is 0 Å². The molecular formula is C13H21NO2. The van der Waals surface area contributed by atoms with E-state index in [-0.39, 0.29) is 0 Å². The third kappa shape index (κ3) is 4.21. The highest BCUT2D eigenvalue weighted by atomic mass is 16.3. The van der Waals surface area contributed by atoms with E-state index in [1.165, 1.54) is 5.56 Å². The standard InChI is InChI=1S/C13H21NO2/c1-10-4-6-13(7-5-10)14(8-11(2)15)9-12(3)16/h4-7,11-12,15-16H,8-9H2,1-3H3/t11-,12-/m1/s1. The van der Waals surface area contributed by atoms with Crippen LogP contribution in [0.15, 0.2) is 24.3 Å². The summed E-state index contributed by atoms with van der Waals surface area (Å²) in [5.74, 6) is 0. The number of hydrogen-bond donors (Lipinski definition) is 2. The Balaban J connectivity index is 2.78. The summed E-state index contributed by atoms with van der Waals surface area (Å²) in [6.45, 7) is 6.62. The molecule has 1 aromatic carbocycles. The summed E-state index contributed by atoms with van der Waals surface area (Å²) >= 11 is 0. The predicted octanol–water partition coefficient (Wildman–Crippen LogP) is 1.56. The van der Waals surface area contributed by atoms with Crippen molar-refractivity contribution in [2.75, 3.05) is 18.0 Å². The van der Waals surface area contributed by atoms with E-state index in [1.54, 1.807) is 13.8 Å². The Morgan fingerprint density at radius 3 is 1.81 bits per heavy atom. The van der Waals surface area contributed by atoms with Crippen molar-refractivity contribution in [3.05, 3.63) is 29.8 Å². The Morgan fingerprint density at radius 1 is 1.00 bits per heavy atom. The number of anilines is 1. The molecule has 0 fully saturated rings. The molecule has 2 N–H and O–H groups in total. The first kappa shape index (κ1) is 13.0. The lowest BCUT2D eigenvalue weighted by molar-refractivity contribution is 0.178. The van der Waals surface area contributed by atoms with E-state index in [0.29, 0.717) is 13.1 Å².